The molecule has 1 aliphatic heterocycles. The summed E-state index contributed by atoms with van der Waals surface area (Å²) in [4.78, 5) is 16.5. The van der Waals surface area contributed by atoms with Gasteiger partial charge < -0.3 is 25.4 Å². The number of amides is 2. The Kier molecular flexibility index (Phi) is 12.4. The van der Waals surface area contributed by atoms with Crippen LogP contribution in [-0.4, -0.2) is 68.7 Å². The van der Waals surface area contributed by atoms with E-state index in [1.165, 1.54) is 32.1 Å². The number of piperidine rings is 1. The lowest BCUT2D eigenvalue weighted by atomic mass is 9.74. The van der Waals surface area contributed by atoms with E-state index >= 15 is 0 Å². The molecule has 1 aromatic carbocycles. The predicted molar refractivity (Wildman–Crippen MR) is 150 cm³/mol. The number of aliphatic hydroxyl groups is 1. The number of nitrogens with one attached hydrogen (secondary N) is 2. The lowest BCUT2D eigenvalue weighted by molar-refractivity contribution is -0.0565. The average molecular weight is 520 g/mol. The van der Waals surface area contributed by atoms with E-state index < -0.39 is 5.60 Å². The van der Waals surface area contributed by atoms with Crippen LogP contribution < -0.4 is 10.6 Å². The number of hydrogen-bond acceptors (Lipinski definition) is 5. The van der Waals surface area contributed by atoms with Crippen LogP contribution in [-0.2, 0) is 10.3 Å². The number of likely N-dealkylation sites (N-methyl/N-ethyl adjacent to an activating group) is 1. The number of ether oxygens (including phenoxy) is 1. The average Bonchev–Trinajstić information content (AvgIpc) is 2.91. The van der Waals surface area contributed by atoms with Gasteiger partial charge in [0.1, 0.15) is 0 Å². The highest BCUT2D eigenvalue weighted by Crippen LogP contribution is 2.40. The number of likely N-dealkylation sites (tertiary alicyclic amines) is 1. The van der Waals surface area contributed by atoms with E-state index in [1.54, 1.807) is 18.9 Å². The maximum absolute atomic E-state index is 13.4. The van der Waals surface area contributed by atoms with Gasteiger partial charge in [0.15, 0.2) is 0 Å². The van der Waals surface area contributed by atoms with E-state index in [0.717, 1.165) is 55.7 Å². The van der Waals surface area contributed by atoms with Crippen LogP contribution in [0.2, 0.25) is 0 Å². The highest BCUT2D eigenvalue weighted by Gasteiger charge is 2.41. The maximum atomic E-state index is 13.4. The summed E-state index contributed by atoms with van der Waals surface area (Å²) < 4.78 is 5.25. The Labute approximate surface area is 223 Å². The monoisotopic (exact) mass is 519 g/mol. The fourth-order valence-corrected chi connectivity index (χ4v) is 6.66. The van der Waals surface area contributed by atoms with E-state index in [0.29, 0.717) is 25.5 Å². The second kappa shape index (κ2) is 15.2. The molecule has 0 bridgehead atoms. The second-order valence-electron chi connectivity index (χ2n) is 10.8. The predicted octanol–water partition coefficient (Wildman–Crippen LogP) is 5.39. The van der Waals surface area contributed by atoms with Crippen LogP contribution in [0.5, 0.6) is 0 Å². The van der Waals surface area contributed by atoms with E-state index in [9.17, 15) is 9.90 Å². The van der Waals surface area contributed by atoms with E-state index in [4.69, 9.17) is 4.74 Å². The van der Waals surface area contributed by atoms with Gasteiger partial charge in [-0.25, -0.2) is 4.79 Å². The van der Waals surface area contributed by atoms with Crippen LogP contribution in [0.25, 0.3) is 0 Å². The van der Waals surface area contributed by atoms with Gasteiger partial charge in [-0.15, -0.1) is 11.8 Å². The van der Waals surface area contributed by atoms with Crippen LogP contribution in [0.4, 0.5) is 4.79 Å². The van der Waals surface area contributed by atoms with Crippen LogP contribution >= 0.6 is 11.8 Å². The second-order valence-corrected chi connectivity index (χ2v) is 11.7. The highest BCUT2D eigenvalue weighted by atomic mass is 32.2. The molecule has 3 atom stereocenters. The maximum Gasteiger partial charge on any atom is 0.317 e. The van der Waals surface area contributed by atoms with Crippen molar-refractivity contribution in [3.63, 3.8) is 0 Å². The molecule has 36 heavy (non-hydrogen) atoms. The first-order chi connectivity index (χ1) is 17.5. The van der Waals surface area contributed by atoms with Crippen LogP contribution in [0.3, 0.4) is 0 Å². The molecule has 1 aromatic rings. The highest BCUT2D eigenvalue weighted by molar-refractivity contribution is 7.98. The molecule has 3 unspecified atom stereocenters. The summed E-state index contributed by atoms with van der Waals surface area (Å²) in [6, 6.07) is 8.50. The van der Waals surface area contributed by atoms with Crippen molar-refractivity contribution in [1.29, 1.82) is 0 Å². The largest absolute Gasteiger partial charge is 0.385 e. The Hall–Kier alpha value is -1.28. The van der Waals surface area contributed by atoms with Gasteiger partial charge in [0.25, 0.3) is 0 Å². The molecule has 1 saturated carbocycles. The molecule has 1 saturated heterocycles. The summed E-state index contributed by atoms with van der Waals surface area (Å²) in [5.41, 5.74) is 0.0228. The lowest BCUT2D eigenvalue weighted by Crippen LogP contribution is -2.54. The van der Waals surface area contributed by atoms with E-state index in [-0.39, 0.29) is 18.0 Å². The number of thioether (sulfide) groups is 1. The molecule has 204 valence electrons. The molecule has 0 radical (unpaired) electrons. The van der Waals surface area contributed by atoms with Crippen molar-refractivity contribution in [3.05, 3.63) is 29.8 Å². The van der Waals surface area contributed by atoms with Crippen molar-refractivity contribution < 1.29 is 14.6 Å². The normalized spacial score (nSPS) is 21.7. The molecule has 1 aliphatic carbocycles. The Morgan fingerprint density at radius 3 is 2.75 bits per heavy atom. The van der Waals surface area contributed by atoms with Gasteiger partial charge >= 0.3 is 6.03 Å². The Morgan fingerprint density at radius 2 is 2.03 bits per heavy atom. The van der Waals surface area contributed by atoms with Gasteiger partial charge in [-0.3, -0.25) is 0 Å². The smallest absolute Gasteiger partial charge is 0.317 e. The lowest BCUT2D eigenvalue weighted by Gasteiger charge is -2.43. The minimum Gasteiger partial charge on any atom is -0.385 e. The number of hydrogen-bond donors (Lipinski definition) is 3. The minimum absolute atomic E-state index is 0.0118. The molecule has 2 amide bonds. The van der Waals surface area contributed by atoms with Crippen LogP contribution in [0.15, 0.2) is 29.2 Å². The third kappa shape index (κ3) is 8.37. The van der Waals surface area contributed by atoms with Crippen LogP contribution in [0.1, 0.15) is 76.2 Å². The zero-order chi connectivity index (χ0) is 25.8. The number of carbonyl (C=O) groups is 1. The number of nitrogens with zero attached hydrogens (tertiary/aromatic N) is 1. The number of urea groups is 1. The first-order valence-corrected chi connectivity index (χ1v) is 15.3. The molecular weight excluding hydrogens is 470 g/mol. The molecule has 2 aliphatic rings. The Bertz CT molecular complexity index is 789. The third-order valence-electron chi connectivity index (χ3n) is 8.23. The van der Waals surface area contributed by atoms with Gasteiger partial charge in [-0.2, -0.15) is 0 Å². The summed E-state index contributed by atoms with van der Waals surface area (Å²) in [5, 5.41) is 18.8. The fraction of sp³-hybridized carbons (Fsp3) is 0.759. The molecule has 2 fully saturated rings. The molecular formula is C29H49N3O3S. The van der Waals surface area contributed by atoms with Crippen molar-refractivity contribution in [3.8, 4) is 0 Å². The topological polar surface area (TPSA) is 73.8 Å². The molecule has 0 aromatic heterocycles. The number of rotatable bonds is 13. The van der Waals surface area contributed by atoms with Gasteiger partial charge in [-0.1, -0.05) is 44.2 Å². The standard InChI is InChI=1S/C29H49N3O3S/c1-30-21-26(19-23-11-5-4-6-12-23)31-28(33)32-17-10-14-25(22-32)29(34,16-7-8-18-35-2)24-13-9-15-27(20-24)36-3/h9,13,15,20,23,25-26,30,34H,4-8,10-12,14,16-19,21-22H2,1-3H3,(H,31,33). The molecule has 3 N–H and O–H groups in total. The van der Waals surface area contributed by atoms with Crippen LogP contribution in [0, 0.1) is 11.8 Å². The summed E-state index contributed by atoms with van der Waals surface area (Å²) >= 11 is 1.70. The van der Waals surface area contributed by atoms with Gasteiger partial charge in [-0.05, 0) is 75.4 Å². The summed E-state index contributed by atoms with van der Waals surface area (Å²) in [7, 11) is 3.69. The summed E-state index contributed by atoms with van der Waals surface area (Å²) in [6.45, 7) is 2.84. The quantitative estimate of drug-likeness (QED) is 0.241. The van der Waals surface area contributed by atoms with Crippen molar-refractivity contribution in [1.82, 2.24) is 15.5 Å². The van der Waals surface area contributed by atoms with Gasteiger partial charge in [0, 0.05) is 50.2 Å². The Morgan fingerprint density at radius 1 is 1.22 bits per heavy atom. The molecule has 7 heteroatoms. The first-order valence-electron chi connectivity index (χ1n) is 14.1. The van der Waals surface area contributed by atoms with E-state index in [1.807, 2.05) is 18.0 Å². The number of unbranched alkanes of at least 4 members (excludes halogenated alkanes) is 1. The fourth-order valence-electron chi connectivity index (χ4n) is 6.20. The first kappa shape index (κ1) is 29.3. The summed E-state index contributed by atoms with van der Waals surface area (Å²) in [6.07, 6.45) is 14.0. The SMILES string of the molecule is CNCC(CC1CCCCC1)NC(=O)N1CCCC(C(O)(CCCCOC)c2cccc(SC)c2)C1. The minimum atomic E-state index is -0.953. The zero-order valence-electron chi connectivity index (χ0n) is 22.8. The third-order valence-corrected chi connectivity index (χ3v) is 8.96. The molecule has 3 rings (SSSR count). The number of carbonyl (C=O) groups excluding carboxylic acids is 1. The van der Waals surface area contributed by atoms with E-state index in [2.05, 4.69) is 35.1 Å². The number of benzene rings is 1. The Balaban J connectivity index is 1.70. The molecule has 1 heterocycles. The van der Waals surface area contributed by atoms with Gasteiger partial charge in [0.05, 0.1) is 5.60 Å². The van der Waals surface area contributed by atoms with Crippen molar-refractivity contribution in [2.45, 2.75) is 87.2 Å². The van der Waals surface area contributed by atoms with Gasteiger partial charge in [0.2, 0.25) is 0 Å². The zero-order valence-corrected chi connectivity index (χ0v) is 23.6. The van der Waals surface area contributed by atoms with Crippen molar-refractivity contribution >= 4 is 17.8 Å². The summed E-state index contributed by atoms with van der Waals surface area (Å²) in [5.74, 6) is 0.727. The van der Waals surface area contributed by atoms with Crippen molar-refractivity contribution in [2.75, 3.05) is 46.7 Å². The molecule has 0 spiro atoms. The number of methoxy groups -OCH3 is 1. The van der Waals surface area contributed by atoms with Crippen molar-refractivity contribution in [2.24, 2.45) is 11.8 Å². The molecule has 6 nitrogen and oxygen atoms in total.